The fourth-order valence-electron chi connectivity index (χ4n) is 1.99. The van der Waals surface area contributed by atoms with Gasteiger partial charge < -0.3 is 0 Å². The number of rotatable bonds is 17. The van der Waals surface area contributed by atoms with E-state index in [0.29, 0.717) is 19.8 Å². The summed E-state index contributed by atoms with van der Waals surface area (Å²) in [6.07, 6.45) is 12.2. The average Bonchev–Trinajstić information content (AvgIpc) is 2.51. The lowest BCUT2D eigenvalue weighted by Gasteiger charge is -2.18. The fourth-order valence-corrected chi connectivity index (χ4v) is 3.27. The second kappa shape index (κ2) is 16.0. The predicted octanol–water partition coefficient (Wildman–Crippen LogP) is 6.50. The molecule has 0 aromatic heterocycles. The lowest BCUT2D eigenvalue weighted by molar-refractivity contribution is 0.109. The molecule has 0 bridgehead atoms. The zero-order valence-corrected chi connectivity index (χ0v) is 15.9. The Bertz CT molecular complexity index is 257. The highest BCUT2D eigenvalue weighted by Crippen LogP contribution is 2.49. The maximum Gasteiger partial charge on any atom is 0.474 e. The van der Waals surface area contributed by atoms with Gasteiger partial charge in [-0.05, 0) is 19.3 Å². The van der Waals surface area contributed by atoms with Gasteiger partial charge in [0, 0.05) is 0 Å². The van der Waals surface area contributed by atoms with Crippen molar-refractivity contribution in [1.29, 1.82) is 0 Å². The van der Waals surface area contributed by atoms with Gasteiger partial charge in [0.05, 0.1) is 19.8 Å². The molecule has 0 fully saturated rings. The molecule has 0 aliphatic rings. The molecule has 0 saturated carbocycles. The van der Waals surface area contributed by atoms with Crippen molar-refractivity contribution in [3.05, 3.63) is 0 Å². The molecule has 0 aromatic rings. The van der Waals surface area contributed by atoms with Crippen LogP contribution in [0.4, 0.5) is 0 Å². The highest BCUT2D eigenvalue weighted by molar-refractivity contribution is 7.48. The van der Waals surface area contributed by atoms with Gasteiger partial charge in [-0.1, -0.05) is 72.1 Å². The zero-order valence-electron chi connectivity index (χ0n) is 15.0. The van der Waals surface area contributed by atoms with Crippen LogP contribution in [-0.4, -0.2) is 19.8 Å². The van der Waals surface area contributed by atoms with E-state index in [0.717, 1.165) is 38.5 Å². The minimum Gasteiger partial charge on any atom is -0.287 e. The zero-order chi connectivity index (χ0) is 16.5. The molecule has 0 atom stereocenters. The smallest absolute Gasteiger partial charge is 0.287 e. The molecule has 22 heavy (non-hydrogen) atoms. The van der Waals surface area contributed by atoms with Crippen LogP contribution in [0.1, 0.15) is 91.4 Å². The van der Waals surface area contributed by atoms with E-state index < -0.39 is 7.82 Å². The third kappa shape index (κ3) is 13.8. The van der Waals surface area contributed by atoms with Crippen molar-refractivity contribution in [3.8, 4) is 0 Å². The summed E-state index contributed by atoms with van der Waals surface area (Å²) in [7, 11) is -3.34. The maximum absolute atomic E-state index is 12.5. The molecule has 4 nitrogen and oxygen atoms in total. The average molecular weight is 336 g/mol. The highest BCUT2D eigenvalue weighted by atomic mass is 31.2. The summed E-state index contributed by atoms with van der Waals surface area (Å²) < 4.78 is 28.7. The highest BCUT2D eigenvalue weighted by Gasteiger charge is 2.25. The molecule has 0 amide bonds. The van der Waals surface area contributed by atoms with Crippen LogP contribution in [-0.2, 0) is 18.1 Å². The van der Waals surface area contributed by atoms with Crippen LogP contribution in [0.2, 0.25) is 0 Å². The number of phosphoric acid groups is 1. The van der Waals surface area contributed by atoms with E-state index in [1.54, 1.807) is 0 Å². The summed E-state index contributed by atoms with van der Waals surface area (Å²) in [6.45, 7) is 7.72. The third-order valence-electron chi connectivity index (χ3n) is 3.49. The van der Waals surface area contributed by atoms with Crippen LogP contribution in [0, 0.1) is 0 Å². The van der Waals surface area contributed by atoms with E-state index in [9.17, 15) is 4.57 Å². The van der Waals surface area contributed by atoms with Crippen LogP contribution >= 0.6 is 7.82 Å². The van der Waals surface area contributed by atoms with Crippen LogP contribution in [0.15, 0.2) is 0 Å². The first kappa shape index (κ1) is 22.1. The summed E-state index contributed by atoms with van der Waals surface area (Å²) in [6, 6.07) is 0. The SMILES string of the molecule is CCCCCCCCCOP(=O)(OCCCC)OCCCC. The summed E-state index contributed by atoms with van der Waals surface area (Å²) >= 11 is 0. The third-order valence-corrected chi connectivity index (χ3v) is 4.99. The van der Waals surface area contributed by atoms with Crippen molar-refractivity contribution in [3.63, 3.8) is 0 Å². The molecule has 0 aliphatic carbocycles. The van der Waals surface area contributed by atoms with Gasteiger partial charge in [0.25, 0.3) is 0 Å². The molecule has 0 aliphatic heterocycles. The van der Waals surface area contributed by atoms with Crippen LogP contribution < -0.4 is 0 Å². The molecule has 0 heterocycles. The Balaban J connectivity index is 3.83. The van der Waals surface area contributed by atoms with E-state index in [2.05, 4.69) is 20.8 Å². The monoisotopic (exact) mass is 336 g/mol. The molecule has 0 rings (SSSR count). The Kier molecular flexibility index (Phi) is 16.1. The summed E-state index contributed by atoms with van der Waals surface area (Å²) in [5.41, 5.74) is 0. The summed E-state index contributed by atoms with van der Waals surface area (Å²) in [5, 5.41) is 0. The number of phosphoric ester groups is 1. The lowest BCUT2D eigenvalue weighted by atomic mass is 10.1. The van der Waals surface area contributed by atoms with Crippen molar-refractivity contribution in [2.45, 2.75) is 91.4 Å². The fraction of sp³-hybridized carbons (Fsp3) is 1.00. The van der Waals surface area contributed by atoms with Crippen molar-refractivity contribution >= 4 is 7.82 Å². The quantitative estimate of drug-likeness (QED) is 0.225. The van der Waals surface area contributed by atoms with E-state index in [1.165, 1.54) is 32.1 Å². The van der Waals surface area contributed by atoms with Gasteiger partial charge >= 0.3 is 7.82 Å². The topological polar surface area (TPSA) is 44.8 Å². The molecule has 0 radical (unpaired) electrons. The first-order valence-corrected chi connectivity index (χ1v) is 10.7. The van der Waals surface area contributed by atoms with E-state index in [1.807, 2.05) is 0 Å². The first-order chi connectivity index (χ1) is 10.7. The van der Waals surface area contributed by atoms with Gasteiger partial charge in [-0.3, -0.25) is 13.6 Å². The van der Waals surface area contributed by atoms with Gasteiger partial charge in [0.15, 0.2) is 0 Å². The van der Waals surface area contributed by atoms with Gasteiger partial charge in [-0.25, -0.2) is 4.57 Å². The second-order valence-electron chi connectivity index (χ2n) is 5.78. The Morgan fingerprint density at radius 3 is 1.36 bits per heavy atom. The van der Waals surface area contributed by atoms with Gasteiger partial charge in [0.2, 0.25) is 0 Å². The number of unbranched alkanes of at least 4 members (excludes halogenated alkanes) is 8. The van der Waals surface area contributed by atoms with Gasteiger partial charge in [0.1, 0.15) is 0 Å². The Morgan fingerprint density at radius 1 is 0.545 bits per heavy atom. The van der Waals surface area contributed by atoms with Gasteiger partial charge in [-0.15, -0.1) is 0 Å². The second-order valence-corrected chi connectivity index (χ2v) is 7.44. The van der Waals surface area contributed by atoms with Crippen molar-refractivity contribution in [2.24, 2.45) is 0 Å². The Labute approximate surface area is 137 Å². The number of hydrogen-bond acceptors (Lipinski definition) is 4. The van der Waals surface area contributed by atoms with Crippen molar-refractivity contribution < 1.29 is 18.1 Å². The molecule has 0 unspecified atom stereocenters. The molecule has 0 spiro atoms. The molecular formula is C17H37O4P. The van der Waals surface area contributed by atoms with Crippen LogP contribution in [0.3, 0.4) is 0 Å². The minimum atomic E-state index is -3.34. The largest absolute Gasteiger partial charge is 0.474 e. The molecule has 134 valence electrons. The minimum absolute atomic E-state index is 0.441. The first-order valence-electron chi connectivity index (χ1n) is 9.22. The lowest BCUT2D eigenvalue weighted by Crippen LogP contribution is -2.04. The molecular weight excluding hydrogens is 299 g/mol. The van der Waals surface area contributed by atoms with Crippen LogP contribution in [0.5, 0.6) is 0 Å². The Morgan fingerprint density at radius 2 is 0.909 bits per heavy atom. The number of hydrogen-bond donors (Lipinski definition) is 0. The molecule has 0 N–H and O–H groups in total. The van der Waals surface area contributed by atoms with Crippen molar-refractivity contribution in [2.75, 3.05) is 19.8 Å². The van der Waals surface area contributed by atoms with E-state index in [-0.39, 0.29) is 0 Å². The van der Waals surface area contributed by atoms with Crippen molar-refractivity contribution in [1.82, 2.24) is 0 Å². The van der Waals surface area contributed by atoms with Gasteiger partial charge in [-0.2, -0.15) is 0 Å². The van der Waals surface area contributed by atoms with E-state index >= 15 is 0 Å². The summed E-state index contributed by atoms with van der Waals surface area (Å²) in [4.78, 5) is 0. The maximum atomic E-state index is 12.5. The normalized spacial score (nSPS) is 12.0. The molecule has 5 heteroatoms. The Hall–Kier alpha value is 0.110. The predicted molar refractivity (Wildman–Crippen MR) is 93.3 cm³/mol. The standard InChI is InChI=1S/C17H37O4P/c1-4-7-10-11-12-13-14-17-21-22(18,19-15-8-5-2)20-16-9-6-3/h4-17H2,1-3H3. The summed E-state index contributed by atoms with van der Waals surface area (Å²) in [5.74, 6) is 0. The molecule has 0 aromatic carbocycles. The van der Waals surface area contributed by atoms with Crippen LogP contribution in [0.25, 0.3) is 0 Å². The molecule has 0 saturated heterocycles. The van der Waals surface area contributed by atoms with E-state index in [4.69, 9.17) is 13.6 Å².